The van der Waals surface area contributed by atoms with Crippen LogP contribution in [0.25, 0.3) is 10.2 Å². The quantitative estimate of drug-likeness (QED) is 0.798. The van der Waals surface area contributed by atoms with Crippen molar-refractivity contribution >= 4 is 60.1 Å². The molecule has 0 aliphatic heterocycles. The topological polar surface area (TPSA) is 42.0 Å². The summed E-state index contributed by atoms with van der Waals surface area (Å²) in [4.78, 5) is 16.1. The Bertz CT molecular complexity index is 614. The van der Waals surface area contributed by atoms with Gasteiger partial charge in [-0.2, -0.15) is 0 Å². The van der Waals surface area contributed by atoms with Gasteiger partial charge in [0.1, 0.15) is 5.52 Å². The molecule has 0 fully saturated rings. The molecule has 0 aliphatic rings. The minimum Gasteiger partial charge on any atom is -0.301 e. The van der Waals surface area contributed by atoms with Crippen molar-refractivity contribution in [3.05, 3.63) is 22.7 Å². The van der Waals surface area contributed by atoms with Crippen molar-refractivity contribution in [3.63, 3.8) is 0 Å². The van der Waals surface area contributed by atoms with E-state index >= 15 is 0 Å². The number of nitrogens with zero attached hydrogens (tertiary/aromatic N) is 1. The highest BCUT2D eigenvalue weighted by Crippen LogP contribution is 2.32. The number of aryl methyl sites for hydroxylation is 1. The molecule has 102 valence electrons. The maximum absolute atomic E-state index is 11.9. The summed E-state index contributed by atoms with van der Waals surface area (Å²) in [5, 5.41) is 4.04. The van der Waals surface area contributed by atoms with Crippen LogP contribution in [0.3, 0.4) is 0 Å². The van der Waals surface area contributed by atoms with Gasteiger partial charge in [-0.15, -0.1) is 0 Å². The minimum atomic E-state index is -0.179. The molecular formula is C13H14BrClN2OS. The van der Waals surface area contributed by atoms with Gasteiger partial charge in [0, 0.05) is 0 Å². The van der Waals surface area contributed by atoms with Crippen LogP contribution < -0.4 is 5.32 Å². The van der Waals surface area contributed by atoms with Crippen LogP contribution in [0.1, 0.15) is 25.3 Å². The number of alkyl halides is 1. The molecule has 1 heterocycles. The second-order valence-corrected chi connectivity index (χ2v) is 6.90. The first kappa shape index (κ1) is 14.8. The zero-order valence-corrected chi connectivity index (χ0v) is 13.8. The number of halogens is 2. The minimum absolute atomic E-state index is 0.0613. The van der Waals surface area contributed by atoms with Gasteiger partial charge < -0.3 is 5.32 Å². The first-order valence-corrected chi connectivity index (χ1v) is 8.14. The van der Waals surface area contributed by atoms with E-state index in [1.165, 1.54) is 11.3 Å². The van der Waals surface area contributed by atoms with Gasteiger partial charge >= 0.3 is 0 Å². The summed E-state index contributed by atoms with van der Waals surface area (Å²) >= 11 is 11.0. The van der Waals surface area contributed by atoms with E-state index in [-0.39, 0.29) is 10.7 Å². The molecule has 1 aromatic heterocycles. The summed E-state index contributed by atoms with van der Waals surface area (Å²) in [7, 11) is 0. The van der Waals surface area contributed by atoms with Crippen LogP contribution >= 0.6 is 38.9 Å². The van der Waals surface area contributed by atoms with Crippen molar-refractivity contribution in [1.29, 1.82) is 0 Å². The van der Waals surface area contributed by atoms with Gasteiger partial charge in [0.05, 0.1) is 14.5 Å². The fourth-order valence-corrected chi connectivity index (χ4v) is 3.68. The Hall–Kier alpha value is -0.650. The van der Waals surface area contributed by atoms with E-state index in [2.05, 4.69) is 26.2 Å². The third-order valence-electron chi connectivity index (χ3n) is 2.65. The molecule has 0 saturated heterocycles. The second kappa shape index (κ2) is 6.20. The predicted molar refractivity (Wildman–Crippen MR) is 85.6 cm³/mol. The highest BCUT2D eigenvalue weighted by Gasteiger charge is 2.16. The maximum atomic E-state index is 11.9. The van der Waals surface area contributed by atoms with Crippen LogP contribution in [-0.4, -0.2) is 15.7 Å². The summed E-state index contributed by atoms with van der Waals surface area (Å²) in [6.07, 6.45) is 1.75. The molecule has 0 unspecified atom stereocenters. The Labute approximate surface area is 129 Å². The number of thiazole rings is 1. The highest BCUT2D eigenvalue weighted by molar-refractivity contribution is 9.10. The van der Waals surface area contributed by atoms with Crippen LogP contribution in [-0.2, 0) is 4.79 Å². The summed E-state index contributed by atoms with van der Waals surface area (Å²) in [6, 6.07) is 3.89. The number of rotatable bonds is 4. The van der Waals surface area contributed by atoms with Crippen LogP contribution in [0.2, 0.25) is 5.02 Å². The number of anilines is 1. The number of aromatic nitrogens is 1. The lowest BCUT2D eigenvalue weighted by molar-refractivity contribution is -0.115. The van der Waals surface area contributed by atoms with Gasteiger partial charge in [0.2, 0.25) is 5.91 Å². The van der Waals surface area contributed by atoms with Crippen LogP contribution in [0.15, 0.2) is 12.1 Å². The van der Waals surface area contributed by atoms with E-state index in [0.717, 1.165) is 28.6 Å². The zero-order chi connectivity index (χ0) is 14.0. The lowest BCUT2D eigenvalue weighted by Crippen LogP contribution is -2.22. The van der Waals surface area contributed by atoms with Crippen molar-refractivity contribution in [2.45, 2.75) is 31.5 Å². The van der Waals surface area contributed by atoms with Crippen molar-refractivity contribution in [2.24, 2.45) is 0 Å². The molecule has 2 aromatic rings. The Balaban J connectivity index is 2.22. The normalized spacial score (nSPS) is 12.6. The Kier molecular flexibility index (Phi) is 4.81. The van der Waals surface area contributed by atoms with E-state index in [0.29, 0.717) is 10.2 Å². The van der Waals surface area contributed by atoms with Crippen LogP contribution in [0, 0.1) is 6.92 Å². The molecule has 0 saturated carbocycles. The van der Waals surface area contributed by atoms with Crippen LogP contribution in [0.4, 0.5) is 5.13 Å². The van der Waals surface area contributed by atoms with E-state index < -0.39 is 0 Å². The van der Waals surface area contributed by atoms with Crippen molar-refractivity contribution in [2.75, 3.05) is 5.32 Å². The molecule has 1 aromatic carbocycles. The molecule has 3 nitrogen and oxygen atoms in total. The highest BCUT2D eigenvalue weighted by atomic mass is 79.9. The standard InChI is InChI=1S/C13H14BrClN2OS/c1-3-4-8(14)12(18)17-13-16-11-9(15)5-7(2)6-10(11)19-13/h5-6,8H,3-4H2,1-2H3,(H,16,17,18)/t8-/m0/s1. The number of fused-ring (bicyclic) bond motifs is 1. The summed E-state index contributed by atoms with van der Waals surface area (Å²) in [6.45, 7) is 4.03. The number of carbonyl (C=O) groups excluding carboxylic acids is 1. The molecule has 2 rings (SSSR count). The van der Waals surface area contributed by atoms with Crippen molar-refractivity contribution in [3.8, 4) is 0 Å². The smallest absolute Gasteiger partial charge is 0.239 e. The molecule has 0 bridgehead atoms. The molecule has 19 heavy (non-hydrogen) atoms. The fourth-order valence-electron chi connectivity index (χ4n) is 1.74. The number of carbonyl (C=O) groups is 1. The maximum Gasteiger partial charge on any atom is 0.239 e. The average molecular weight is 362 g/mol. The largest absolute Gasteiger partial charge is 0.301 e. The SMILES string of the molecule is CCC[C@H](Br)C(=O)Nc1nc2c(Cl)cc(C)cc2s1. The van der Waals surface area contributed by atoms with E-state index in [1.54, 1.807) is 0 Å². The monoisotopic (exact) mass is 360 g/mol. The second-order valence-electron chi connectivity index (χ2n) is 4.36. The number of hydrogen-bond donors (Lipinski definition) is 1. The van der Waals surface area contributed by atoms with Gasteiger partial charge in [-0.05, 0) is 31.0 Å². The average Bonchev–Trinajstić information content (AvgIpc) is 2.72. The fraction of sp³-hybridized carbons (Fsp3) is 0.385. The molecule has 0 radical (unpaired) electrons. The summed E-state index contributed by atoms with van der Waals surface area (Å²) < 4.78 is 0.988. The summed E-state index contributed by atoms with van der Waals surface area (Å²) in [5.41, 5.74) is 1.83. The van der Waals surface area contributed by atoms with Gasteiger partial charge in [0.25, 0.3) is 0 Å². The molecule has 1 amide bonds. The van der Waals surface area contributed by atoms with Crippen LogP contribution in [0.5, 0.6) is 0 Å². The molecule has 1 atom stereocenters. The summed E-state index contributed by atoms with van der Waals surface area (Å²) in [5.74, 6) is -0.0613. The van der Waals surface area contributed by atoms with E-state index in [1.807, 2.05) is 26.0 Å². The van der Waals surface area contributed by atoms with Gasteiger partial charge in [-0.3, -0.25) is 4.79 Å². The molecule has 0 spiro atoms. The lowest BCUT2D eigenvalue weighted by atomic mass is 10.2. The van der Waals surface area contributed by atoms with Crippen molar-refractivity contribution in [1.82, 2.24) is 4.98 Å². The van der Waals surface area contributed by atoms with Crippen molar-refractivity contribution < 1.29 is 4.79 Å². The number of benzene rings is 1. The molecule has 1 N–H and O–H groups in total. The molecular weight excluding hydrogens is 348 g/mol. The Morgan fingerprint density at radius 2 is 2.32 bits per heavy atom. The van der Waals surface area contributed by atoms with Gasteiger partial charge in [0.15, 0.2) is 5.13 Å². The van der Waals surface area contributed by atoms with Gasteiger partial charge in [-0.25, -0.2) is 4.98 Å². The predicted octanol–water partition coefficient (Wildman–Crippen LogP) is 4.76. The number of hydrogen-bond acceptors (Lipinski definition) is 3. The van der Waals surface area contributed by atoms with E-state index in [9.17, 15) is 4.79 Å². The zero-order valence-electron chi connectivity index (χ0n) is 10.7. The molecule has 6 heteroatoms. The first-order valence-electron chi connectivity index (χ1n) is 6.03. The Morgan fingerprint density at radius 3 is 3.00 bits per heavy atom. The number of amides is 1. The third kappa shape index (κ3) is 3.46. The van der Waals surface area contributed by atoms with Gasteiger partial charge in [-0.1, -0.05) is 52.2 Å². The molecule has 0 aliphatic carbocycles. The third-order valence-corrected chi connectivity index (χ3v) is 4.73. The Morgan fingerprint density at radius 1 is 1.58 bits per heavy atom. The number of nitrogens with one attached hydrogen (secondary N) is 1. The first-order chi connectivity index (χ1) is 9.01. The van der Waals surface area contributed by atoms with E-state index in [4.69, 9.17) is 11.6 Å². The lowest BCUT2D eigenvalue weighted by Gasteiger charge is -2.06.